The van der Waals surface area contributed by atoms with Crippen LogP contribution in [0.15, 0.2) is 122 Å². The lowest BCUT2D eigenvalue weighted by Crippen LogP contribution is -2.29. The molecule has 0 radical (unpaired) electrons. The van der Waals surface area contributed by atoms with E-state index in [1.807, 2.05) is 148 Å². The fourth-order valence-corrected chi connectivity index (χ4v) is 17.1. The molecule has 0 bridgehead atoms. The number of phenols is 1. The highest BCUT2D eigenvalue weighted by Gasteiger charge is 2.56. The second kappa shape index (κ2) is 38.7. The smallest absolute Gasteiger partial charge is 0.379 e. The Morgan fingerprint density at radius 2 is 0.643 bits per heavy atom. The minimum Gasteiger partial charge on any atom is -0.505 e. The number of halogens is 12. The summed E-state index contributed by atoms with van der Waals surface area (Å²) in [7, 11) is 2.51. The molecule has 4 fully saturated rings. The van der Waals surface area contributed by atoms with E-state index in [1.165, 1.54) is 77.0 Å². The maximum atomic E-state index is 13.8. The van der Waals surface area contributed by atoms with Crippen LogP contribution in [-0.4, -0.2) is 111 Å². The number of rotatable bonds is 9. The van der Waals surface area contributed by atoms with Crippen LogP contribution in [0.25, 0.3) is 21.9 Å². The molecule has 5 N–H and O–H groups in total. The van der Waals surface area contributed by atoms with Gasteiger partial charge in [0.1, 0.15) is 11.2 Å². The fourth-order valence-electron chi connectivity index (χ4n) is 17.1. The van der Waals surface area contributed by atoms with E-state index in [9.17, 15) is 96.8 Å². The monoisotopic (exact) mass is 1820 g/mol. The van der Waals surface area contributed by atoms with Gasteiger partial charge in [0, 0.05) is 69.0 Å². The number of fused-ring (bicyclic) bond motifs is 6. The van der Waals surface area contributed by atoms with Crippen LogP contribution >= 0.6 is 0 Å². The van der Waals surface area contributed by atoms with Crippen molar-refractivity contribution in [1.29, 1.82) is 0 Å². The van der Waals surface area contributed by atoms with E-state index >= 15 is 0 Å². The number of carboxylic acids is 2. The summed E-state index contributed by atoms with van der Waals surface area (Å²) in [6.07, 6.45) is -3.90. The molecule has 0 unspecified atom stereocenters. The van der Waals surface area contributed by atoms with E-state index in [2.05, 4.69) is 0 Å². The Bertz CT molecular complexity index is 5520. The Kier molecular flexibility index (Phi) is 30.6. The molecule has 0 saturated carbocycles. The third-order valence-corrected chi connectivity index (χ3v) is 26.5. The molecule has 0 aliphatic carbocycles. The summed E-state index contributed by atoms with van der Waals surface area (Å²) < 4.78 is 215. The first-order valence-corrected chi connectivity index (χ1v) is 41.6. The number of esters is 2. The molecule has 6 aliphatic heterocycles. The summed E-state index contributed by atoms with van der Waals surface area (Å²) in [6, 6.07) is 24.9. The number of carbonyl (C=O) groups is 4. The number of nitrogens with two attached hydrogens (primary N) is 1. The molecule has 0 amide bonds. The number of aromatic hydroxyl groups is 1. The van der Waals surface area contributed by atoms with Crippen molar-refractivity contribution in [2.24, 2.45) is 29.4 Å². The molecule has 15 atom stereocenters. The van der Waals surface area contributed by atoms with Crippen LogP contribution in [0.5, 0.6) is 17.2 Å². The zero-order valence-electron chi connectivity index (χ0n) is 76.0. The highest BCUT2D eigenvalue weighted by atomic mass is 19.2. The number of carbonyl (C=O) groups excluding carboxylic acids is 2. The molecule has 7 aromatic carbocycles. The molecule has 32 heteroatoms. The van der Waals surface area contributed by atoms with Gasteiger partial charge in [-0.15, -0.1) is 0 Å². The summed E-state index contributed by atoms with van der Waals surface area (Å²) in [5.41, 5.74) is 4.27. The molecule has 9 aromatic rings. The first-order chi connectivity index (χ1) is 59.7. The largest absolute Gasteiger partial charge is 0.505 e. The van der Waals surface area contributed by atoms with Crippen molar-refractivity contribution in [1.82, 2.24) is 0 Å². The summed E-state index contributed by atoms with van der Waals surface area (Å²) in [5, 5.41) is 29.3. The Labute approximate surface area is 738 Å². The highest BCUT2D eigenvalue weighted by molar-refractivity contribution is 5.86. The van der Waals surface area contributed by atoms with E-state index in [0.717, 1.165) is 36.4 Å². The second-order valence-corrected chi connectivity index (χ2v) is 36.4. The van der Waals surface area contributed by atoms with Crippen molar-refractivity contribution in [2.75, 3.05) is 14.2 Å². The molecule has 8 heterocycles. The average molecular weight is 1820 g/mol. The topological polar surface area (TPSA) is 289 Å². The van der Waals surface area contributed by atoms with Gasteiger partial charge in [0.2, 0.25) is 29.0 Å². The number of hydrogen-bond acceptors (Lipinski definition) is 18. The van der Waals surface area contributed by atoms with Crippen LogP contribution in [0.2, 0.25) is 0 Å². The van der Waals surface area contributed by atoms with Gasteiger partial charge in [-0.3, -0.25) is 0 Å². The van der Waals surface area contributed by atoms with E-state index in [-0.39, 0.29) is 92.4 Å². The second-order valence-electron chi connectivity index (χ2n) is 36.4. The van der Waals surface area contributed by atoms with Gasteiger partial charge < -0.3 is 67.8 Å². The number of aliphatic carboxylic acids is 2. The van der Waals surface area contributed by atoms with Crippen LogP contribution in [-0.2, 0) is 47.6 Å². The first-order valence-electron chi connectivity index (χ1n) is 41.6. The number of benzene rings is 7. The standard InChI is InChI=1S/C16H20F2O3.C15H18F2O4.2C15H18F2O3.2C14H12F2O3.C8H11N/c1-8-10(6-7-11(17)13(8)18)12-9(2)16(3,4)21-14(12)15(19)20-5;1-7-10(8-5-6-9(16)11(17)12(8)18)13(14(19)20-4)21-15(7,2)3;2*1-7-9(5-6-10(16)12(7)17)11-8(2)15(3,4)20-13(11)14(18)19;2*1-6-9-7-4-5-8(15)10(16)11(7)18-13(17)12(9)19-14(6,2)3;1-7(9)8-5-3-2-4-6-8/h6-7,9,12,14H,1-5H3;5-7,10,13,18H,1-4H3;2*5-6,8,11,13H,1-4H3,(H,18,19);2*4-6H,1-3H3;2-7H,9H2,1H3/t9-,12-,14+;7-,10-,13-;2*8-,11-,13+;2*6-;7-/m0000001/s1. The Balaban J connectivity index is 0.000000171. The molecule has 129 heavy (non-hydrogen) atoms. The van der Waals surface area contributed by atoms with Gasteiger partial charge in [-0.2, -0.15) is 13.2 Å². The van der Waals surface area contributed by atoms with Crippen molar-refractivity contribution in [3.8, 4) is 17.2 Å². The van der Waals surface area contributed by atoms with E-state index in [0.29, 0.717) is 38.6 Å². The maximum Gasteiger partial charge on any atom is 0.379 e. The van der Waals surface area contributed by atoms with Crippen LogP contribution in [0, 0.1) is 114 Å². The third kappa shape index (κ3) is 20.2. The molecule has 0 spiro atoms. The molecule has 20 nitrogen and oxygen atoms in total. The number of methoxy groups -OCH3 is 2. The molecule has 700 valence electrons. The van der Waals surface area contributed by atoms with Gasteiger partial charge in [-0.05, 0) is 222 Å². The molecule has 6 aliphatic rings. The average Bonchev–Trinajstić information content (AvgIpc) is 1.60. The number of carboxylic acid groups (broad SMARTS) is 2. The van der Waals surface area contributed by atoms with Gasteiger partial charge >= 0.3 is 35.1 Å². The van der Waals surface area contributed by atoms with E-state index in [4.69, 9.17) is 52.5 Å². The summed E-state index contributed by atoms with van der Waals surface area (Å²) in [4.78, 5) is 70.3. The minimum atomic E-state index is -1.33. The van der Waals surface area contributed by atoms with Crippen LogP contribution in [0.1, 0.15) is 229 Å². The third-order valence-electron chi connectivity index (χ3n) is 26.5. The Hall–Kier alpha value is -10.8. The van der Waals surface area contributed by atoms with Crippen LogP contribution < -0.4 is 26.5 Å². The molecule has 15 rings (SSSR count). The van der Waals surface area contributed by atoms with Gasteiger partial charge in [-0.25, -0.2) is 68.3 Å². The van der Waals surface area contributed by atoms with Crippen molar-refractivity contribution in [2.45, 2.75) is 252 Å². The predicted octanol–water partition coefficient (Wildman–Crippen LogP) is 21.0. The summed E-state index contributed by atoms with van der Waals surface area (Å²) >= 11 is 0. The zero-order valence-corrected chi connectivity index (χ0v) is 76.0. The van der Waals surface area contributed by atoms with E-state index in [1.54, 1.807) is 13.8 Å². The van der Waals surface area contributed by atoms with Crippen molar-refractivity contribution >= 4 is 45.8 Å². The molecule has 2 aromatic heterocycles. The Morgan fingerprint density at radius 1 is 0.380 bits per heavy atom. The number of phenolic OH excluding ortho intramolecular Hbond substituents is 1. The number of hydrogen-bond donors (Lipinski definition) is 4. The van der Waals surface area contributed by atoms with Crippen molar-refractivity contribution in [3.63, 3.8) is 0 Å². The van der Waals surface area contributed by atoms with E-state index < -0.39 is 186 Å². The van der Waals surface area contributed by atoms with Gasteiger partial charge in [-0.1, -0.05) is 96.1 Å². The summed E-state index contributed by atoms with van der Waals surface area (Å²) in [6.45, 7) is 39.6. The fraction of sp³-hybridized carbons (Fsp3) is 0.464. The van der Waals surface area contributed by atoms with Crippen molar-refractivity contribution < 1.29 is 134 Å². The van der Waals surface area contributed by atoms with Gasteiger partial charge in [0.15, 0.2) is 93.7 Å². The van der Waals surface area contributed by atoms with Gasteiger partial charge in [0.05, 0.1) is 36.6 Å². The molecular weight excluding hydrogens is 1710 g/mol. The number of ether oxygens (including phenoxy) is 8. The molecule has 4 saturated heterocycles. The minimum absolute atomic E-state index is 0.0508. The lowest BCUT2D eigenvalue weighted by Gasteiger charge is -2.25. The maximum absolute atomic E-state index is 13.8. The lowest BCUT2D eigenvalue weighted by molar-refractivity contribution is -0.157. The van der Waals surface area contributed by atoms with Crippen LogP contribution in [0.4, 0.5) is 52.7 Å². The quantitative estimate of drug-likeness (QED) is 0.0593. The Morgan fingerprint density at radius 3 is 0.930 bits per heavy atom. The normalized spacial score (nSPS) is 24.8. The van der Waals surface area contributed by atoms with Gasteiger partial charge in [0.25, 0.3) is 0 Å². The summed E-state index contributed by atoms with van der Waals surface area (Å²) in [5.74, 6) is -19.0. The SMILES string of the molecule is COC(=O)[C@@H]1OC(C)(C)[C@@H](C)[C@H]1c1ccc(F)c(F)c1C.COC(=O)[C@H]1OC(C)(C)[C@@H](C)[C@H]1c1ccc(F)c(F)c1O.C[C@@H](N)c1ccccc1.C[C@H]1c2c(c(=O)oc3c(F)c(F)ccc23)OC1(C)C.C[C@H]1c2c(c(=O)oc3c(F)c(F)ccc23)OC1(C)C.Cc1c([C@H]2[C@H](C(=O)O)OC(C)(C)[C@H]2C)ccc(F)c1F.Cc1c([C@H]2[C@H](C(=O)O)OC(C)(C)[C@H]2C)ccc(F)c1F. The first kappa shape index (κ1) is 102. The zero-order chi connectivity index (χ0) is 97.0. The lowest BCUT2D eigenvalue weighted by atomic mass is 9.77. The molecular formula is C97H109F12NO19. The predicted molar refractivity (Wildman–Crippen MR) is 454 cm³/mol. The van der Waals surface area contributed by atoms with Crippen LogP contribution in [0.3, 0.4) is 0 Å². The van der Waals surface area contributed by atoms with Crippen molar-refractivity contribution in [3.05, 3.63) is 249 Å². The highest BCUT2D eigenvalue weighted by Crippen LogP contribution is 2.54.